The summed E-state index contributed by atoms with van der Waals surface area (Å²) in [6.45, 7) is 2.07. The largest absolute Gasteiger partial charge is 0.343 e. The first-order chi connectivity index (χ1) is 13.0. The molecule has 1 heterocycles. The van der Waals surface area contributed by atoms with Gasteiger partial charge in [0.05, 0.1) is 11.5 Å². The Bertz CT molecular complexity index is 993. The van der Waals surface area contributed by atoms with E-state index < -0.39 is 4.92 Å². The molecule has 8 heteroatoms. The van der Waals surface area contributed by atoms with E-state index >= 15 is 0 Å². The number of carbonyl (C=O) groups excluding carboxylic acids is 1. The van der Waals surface area contributed by atoms with Gasteiger partial charge in [-0.15, -0.1) is 0 Å². The highest BCUT2D eigenvalue weighted by Gasteiger charge is 2.09. The molecule has 1 amide bonds. The molecule has 0 saturated heterocycles. The van der Waals surface area contributed by atoms with Gasteiger partial charge in [0, 0.05) is 23.8 Å². The lowest BCUT2D eigenvalue weighted by atomic mass is 10.1. The van der Waals surface area contributed by atoms with Crippen LogP contribution in [-0.4, -0.2) is 21.0 Å². The molecule has 0 bridgehead atoms. The fourth-order valence-electron chi connectivity index (χ4n) is 2.28. The SMILES string of the molecule is Cc1ccc(-c2noc(CNC(=O)/C=C/c3cccc([N+](=O)[O-])c3)n2)cc1. The van der Waals surface area contributed by atoms with Crippen molar-refractivity contribution in [2.24, 2.45) is 0 Å². The van der Waals surface area contributed by atoms with Crippen molar-refractivity contribution in [3.63, 3.8) is 0 Å². The van der Waals surface area contributed by atoms with Crippen molar-refractivity contribution in [2.75, 3.05) is 0 Å². The maximum absolute atomic E-state index is 11.9. The highest BCUT2D eigenvalue weighted by Crippen LogP contribution is 2.16. The van der Waals surface area contributed by atoms with Crippen LogP contribution in [0.15, 0.2) is 59.1 Å². The number of aryl methyl sites for hydroxylation is 1. The topological polar surface area (TPSA) is 111 Å². The van der Waals surface area contributed by atoms with Crippen LogP contribution in [-0.2, 0) is 11.3 Å². The summed E-state index contributed by atoms with van der Waals surface area (Å²) in [5.74, 6) is 0.352. The van der Waals surface area contributed by atoms with Crippen LogP contribution in [0.25, 0.3) is 17.5 Å². The molecule has 0 atom stereocenters. The Kier molecular flexibility index (Phi) is 5.36. The average molecular weight is 364 g/mol. The maximum Gasteiger partial charge on any atom is 0.270 e. The second-order valence-corrected chi connectivity index (χ2v) is 5.78. The third-order valence-electron chi connectivity index (χ3n) is 3.70. The summed E-state index contributed by atoms with van der Waals surface area (Å²) in [6.07, 6.45) is 2.78. The van der Waals surface area contributed by atoms with Crippen LogP contribution in [0.1, 0.15) is 17.0 Å². The normalized spacial score (nSPS) is 10.9. The predicted molar refractivity (Wildman–Crippen MR) is 98.4 cm³/mol. The zero-order valence-electron chi connectivity index (χ0n) is 14.5. The number of benzene rings is 2. The summed E-state index contributed by atoms with van der Waals surface area (Å²) in [5.41, 5.74) is 2.48. The molecular formula is C19H16N4O4. The van der Waals surface area contributed by atoms with E-state index in [1.165, 1.54) is 24.3 Å². The molecule has 0 spiro atoms. The molecule has 1 aromatic heterocycles. The third-order valence-corrected chi connectivity index (χ3v) is 3.70. The van der Waals surface area contributed by atoms with Gasteiger partial charge in [-0.1, -0.05) is 47.1 Å². The fraction of sp³-hybridized carbons (Fsp3) is 0.105. The number of hydrogen-bond acceptors (Lipinski definition) is 6. The molecule has 0 saturated carbocycles. The van der Waals surface area contributed by atoms with E-state index in [1.807, 2.05) is 31.2 Å². The van der Waals surface area contributed by atoms with Crippen molar-refractivity contribution in [1.29, 1.82) is 0 Å². The van der Waals surface area contributed by atoms with Gasteiger partial charge in [-0.25, -0.2) is 0 Å². The molecule has 0 fully saturated rings. The lowest BCUT2D eigenvalue weighted by Gasteiger charge is -1.97. The van der Waals surface area contributed by atoms with Crippen LogP contribution in [0, 0.1) is 17.0 Å². The number of nitrogens with zero attached hydrogens (tertiary/aromatic N) is 3. The molecule has 0 aliphatic heterocycles. The Hall–Kier alpha value is -3.81. The first kappa shape index (κ1) is 18.0. The molecule has 0 aliphatic carbocycles. The van der Waals surface area contributed by atoms with Crippen molar-refractivity contribution in [2.45, 2.75) is 13.5 Å². The molecule has 0 unspecified atom stereocenters. The number of hydrogen-bond donors (Lipinski definition) is 1. The molecule has 2 aromatic carbocycles. The standard InChI is InChI=1S/C19H16N4O4/c1-13-5-8-15(9-6-13)19-21-18(27-22-19)12-20-17(24)10-7-14-3-2-4-16(11-14)23(25)26/h2-11H,12H2,1H3,(H,20,24)/b10-7+. The van der Waals surface area contributed by atoms with Gasteiger partial charge in [-0.05, 0) is 18.6 Å². The van der Waals surface area contributed by atoms with Crippen LogP contribution >= 0.6 is 0 Å². The van der Waals surface area contributed by atoms with E-state index in [-0.39, 0.29) is 24.0 Å². The average Bonchev–Trinajstić information content (AvgIpc) is 3.14. The number of amides is 1. The Morgan fingerprint density at radius 3 is 2.78 bits per heavy atom. The number of nitrogens with one attached hydrogen (secondary N) is 1. The number of rotatable bonds is 6. The van der Waals surface area contributed by atoms with Crippen molar-refractivity contribution >= 4 is 17.7 Å². The van der Waals surface area contributed by atoms with E-state index in [4.69, 9.17) is 4.52 Å². The number of aromatic nitrogens is 2. The van der Waals surface area contributed by atoms with Gasteiger partial charge in [-0.2, -0.15) is 4.98 Å². The number of nitro benzene ring substituents is 1. The third kappa shape index (κ3) is 4.85. The minimum absolute atomic E-state index is 0.0351. The van der Waals surface area contributed by atoms with Gasteiger partial charge in [0.2, 0.25) is 17.6 Å². The Morgan fingerprint density at radius 2 is 2.04 bits per heavy atom. The summed E-state index contributed by atoms with van der Waals surface area (Å²) in [6, 6.07) is 13.7. The molecule has 3 aromatic rings. The van der Waals surface area contributed by atoms with Crippen molar-refractivity contribution in [3.8, 4) is 11.4 Å². The molecule has 0 radical (unpaired) electrons. The molecule has 27 heavy (non-hydrogen) atoms. The molecule has 1 N–H and O–H groups in total. The number of nitro groups is 1. The van der Waals surface area contributed by atoms with E-state index in [1.54, 1.807) is 12.1 Å². The number of carbonyl (C=O) groups is 1. The van der Waals surface area contributed by atoms with Crippen LogP contribution in [0.5, 0.6) is 0 Å². The Balaban J connectivity index is 1.57. The Morgan fingerprint density at radius 1 is 1.26 bits per heavy atom. The summed E-state index contributed by atoms with van der Waals surface area (Å²) >= 11 is 0. The smallest absolute Gasteiger partial charge is 0.270 e. The van der Waals surface area contributed by atoms with Gasteiger partial charge in [0.25, 0.3) is 5.69 Å². The molecular weight excluding hydrogens is 348 g/mol. The fourth-order valence-corrected chi connectivity index (χ4v) is 2.28. The summed E-state index contributed by atoms with van der Waals surface area (Å²) < 4.78 is 5.13. The van der Waals surface area contributed by atoms with Gasteiger partial charge in [0.15, 0.2) is 0 Å². The molecule has 0 aliphatic rings. The highest BCUT2D eigenvalue weighted by atomic mass is 16.6. The van der Waals surface area contributed by atoms with Crippen LogP contribution in [0.3, 0.4) is 0 Å². The van der Waals surface area contributed by atoms with Crippen molar-refractivity contribution in [3.05, 3.63) is 81.7 Å². The van der Waals surface area contributed by atoms with E-state index in [2.05, 4.69) is 15.5 Å². The van der Waals surface area contributed by atoms with Crippen LogP contribution in [0.4, 0.5) is 5.69 Å². The highest BCUT2D eigenvalue weighted by molar-refractivity contribution is 5.91. The van der Waals surface area contributed by atoms with E-state index in [9.17, 15) is 14.9 Å². The Labute approximate surface area is 154 Å². The van der Waals surface area contributed by atoms with Gasteiger partial charge < -0.3 is 9.84 Å². The van der Waals surface area contributed by atoms with E-state index in [0.717, 1.165) is 11.1 Å². The van der Waals surface area contributed by atoms with Crippen molar-refractivity contribution in [1.82, 2.24) is 15.5 Å². The predicted octanol–water partition coefficient (Wildman–Crippen LogP) is 3.28. The summed E-state index contributed by atoms with van der Waals surface area (Å²) in [7, 11) is 0. The van der Waals surface area contributed by atoms with Gasteiger partial charge in [-0.3, -0.25) is 14.9 Å². The van der Waals surface area contributed by atoms with Crippen LogP contribution in [0.2, 0.25) is 0 Å². The summed E-state index contributed by atoms with van der Waals surface area (Å²) in [4.78, 5) is 26.4. The second kappa shape index (κ2) is 8.05. The lowest BCUT2D eigenvalue weighted by molar-refractivity contribution is -0.384. The molecule has 8 nitrogen and oxygen atoms in total. The first-order valence-electron chi connectivity index (χ1n) is 8.11. The van der Waals surface area contributed by atoms with Gasteiger partial charge >= 0.3 is 0 Å². The first-order valence-corrected chi connectivity index (χ1v) is 8.11. The van der Waals surface area contributed by atoms with Crippen molar-refractivity contribution < 1.29 is 14.2 Å². The monoisotopic (exact) mass is 364 g/mol. The zero-order valence-corrected chi connectivity index (χ0v) is 14.5. The molecule has 3 rings (SSSR count). The maximum atomic E-state index is 11.9. The quantitative estimate of drug-likeness (QED) is 0.408. The molecule has 136 valence electrons. The van der Waals surface area contributed by atoms with Crippen LogP contribution < -0.4 is 5.32 Å². The lowest BCUT2D eigenvalue weighted by Crippen LogP contribution is -2.20. The zero-order chi connectivity index (χ0) is 19.2. The van der Waals surface area contributed by atoms with Gasteiger partial charge in [0.1, 0.15) is 0 Å². The van der Waals surface area contributed by atoms with E-state index in [0.29, 0.717) is 11.4 Å². The summed E-state index contributed by atoms with van der Waals surface area (Å²) in [5, 5.41) is 17.3. The second-order valence-electron chi connectivity index (χ2n) is 5.78. The minimum atomic E-state index is -0.487. The number of non-ortho nitro benzene ring substituents is 1. The minimum Gasteiger partial charge on any atom is -0.343 e.